The maximum atomic E-state index is 12.9. The smallest absolute Gasteiger partial charge is 0.253 e. The third-order valence-corrected chi connectivity index (χ3v) is 6.80. The zero-order valence-corrected chi connectivity index (χ0v) is 21.3. The molecule has 1 saturated heterocycles. The van der Waals surface area contributed by atoms with Gasteiger partial charge in [0.2, 0.25) is 0 Å². The SMILES string of the molecule is COc1ccc2[nH]c(=O)c(CN(CCCN3CCOCC3)C(=S)NC(C)c3ccccc3)cc2c1. The predicted octanol–water partition coefficient (Wildman–Crippen LogP) is 3.70. The summed E-state index contributed by atoms with van der Waals surface area (Å²) in [5.74, 6) is 0.756. The minimum atomic E-state index is -0.0975. The number of ether oxygens (including phenoxy) is 2. The number of hydrogen-bond acceptors (Lipinski definition) is 5. The molecule has 0 saturated carbocycles. The van der Waals surface area contributed by atoms with Crippen molar-refractivity contribution in [2.24, 2.45) is 0 Å². The molecule has 0 amide bonds. The van der Waals surface area contributed by atoms with Gasteiger partial charge in [-0.15, -0.1) is 0 Å². The number of H-pyrrole nitrogens is 1. The van der Waals surface area contributed by atoms with Crippen LogP contribution in [-0.2, 0) is 11.3 Å². The van der Waals surface area contributed by atoms with Gasteiger partial charge in [-0.1, -0.05) is 30.3 Å². The number of fused-ring (bicyclic) bond motifs is 1. The van der Waals surface area contributed by atoms with E-state index in [2.05, 4.69) is 39.2 Å². The van der Waals surface area contributed by atoms with Crippen molar-refractivity contribution in [3.8, 4) is 5.75 Å². The summed E-state index contributed by atoms with van der Waals surface area (Å²) in [5, 5.41) is 5.05. The van der Waals surface area contributed by atoms with Crippen molar-refractivity contribution in [1.82, 2.24) is 20.1 Å². The van der Waals surface area contributed by atoms with Crippen LogP contribution in [0, 0.1) is 0 Å². The summed E-state index contributed by atoms with van der Waals surface area (Å²) in [4.78, 5) is 20.4. The highest BCUT2D eigenvalue weighted by Crippen LogP contribution is 2.20. The van der Waals surface area contributed by atoms with Crippen LogP contribution in [0.2, 0.25) is 0 Å². The fraction of sp³-hybridized carbons (Fsp3) is 0.407. The van der Waals surface area contributed by atoms with E-state index in [0.717, 1.165) is 62.5 Å². The van der Waals surface area contributed by atoms with Gasteiger partial charge in [-0.3, -0.25) is 9.69 Å². The first-order valence-corrected chi connectivity index (χ1v) is 12.5. The van der Waals surface area contributed by atoms with Gasteiger partial charge in [-0.05, 0) is 55.4 Å². The van der Waals surface area contributed by atoms with Gasteiger partial charge >= 0.3 is 0 Å². The standard InChI is InChI=1S/C27H34N4O3S/c1-20(21-7-4-3-5-8-21)28-27(35)31(12-6-11-30-13-15-34-16-14-30)19-23-17-22-18-24(33-2)9-10-25(22)29-26(23)32/h3-5,7-10,17-18,20H,6,11-16,19H2,1-2H3,(H,28,35)(H,29,32). The second-order valence-electron chi connectivity index (χ2n) is 8.89. The molecule has 0 bridgehead atoms. The van der Waals surface area contributed by atoms with Crippen molar-refractivity contribution < 1.29 is 9.47 Å². The molecule has 0 spiro atoms. The first-order valence-electron chi connectivity index (χ1n) is 12.1. The molecule has 1 aliphatic heterocycles. The lowest BCUT2D eigenvalue weighted by molar-refractivity contribution is 0.0367. The van der Waals surface area contributed by atoms with Crippen LogP contribution < -0.4 is 15.6 Å². The summed E-state index contributed by atoms with van der Waals surface area (Å²) >= 11 is 5.85. The van der Waals surface area contributed by atoms with Gasteiger partial charge in [-0.2, -0.15) is 0 Å². The Kier molecular flexibility index (Phi) is 8.74. The minimum absolute atomic E-state index is 0.0598. The van der Waals surface area contributed by atoms with E-state index in [9.17, 15) is 4.79 Å². The largest absolute Gasteiger partial charge is 0.497 e. The second kappa shape index (κ2) is 12.2. The van der Waals surface area contributed by atoms with E-state index in [1.165, 1.54) is 5.56 Å². The third-order valence-electron chi connectivity index (χ3n) is 6.42. The topological polar surface area (TPSA) is 69.8 Å². The van der Waals surface area contributed by atoms with Crippen molar-refractivity contribution in [3.63, 3.8) is 0 Å². The summed E-state index contributed by atoms with van der Waals surface area (Å²) in [7, 11) is 1.64. The van der Waals surface area contributed by atoms with Crippen molar-refractivity contribution in [1.29, 1.82) is 0 Å². The van der Waals surface area contributed by atoms with E-state index in [4.69, 9.17) is 21.7 Å². The number of thiocarbonyl (C=S) groups is 1. The Balaban J connectivity index is 1.51. The Morgan fingerprint density at radius 1 is 1.20 bits per heavy atom. The Morgan fingerprint density at radius 2 is 1.97 bits per heavy atom. The predicted molar refractivity (Wildman–Crippen MR) is 144 cm³/mol. The van der Waals surface area contributed by atoms with Crippen LogP contribution in [0.5, 0.6) is 5.75 Å². The molecular weight excluding hydrogens is 460 g/mol. The zero-order chi connectivity index (χ0) is 24.6. The zero-order valence-electron chi connectivity index (χ0n) is 20.5. The first-order chi connectivity index (χ1) is 17.0. The van der Waals surface area contributed by atoms with Crippen LogP contribution in [-0.4, -0.2) is 66.4 Å². The molecule has 0 aliphatic carbocycles. The molecule has 1 atom stereocenters. The number of nitrogens with zero attached hydrogens (tertiary/aromatic N) is 2. The number of hydrogen-bond donors (Lipinski definition) is 2. The van der Waals surface area contributed by atoms with E-state index in [1.54, 1.807) is 7.11 Å². The lowest BCUT2D eigenvalue weighted by Crippen LogP contribution is -2.43. The Hall–Kier alpha value is -2.94. The summed E-state index contributed by atoms with van der Waals surface area (Å²) in [6.45, 7) is 7.74. The summed E-state index contributed by atoms with van der Waals surface area (Å²) in [6.07, 6.45) is 0.945. The molecule has 4 rings (SSSR count). The van der Waals surface area contributed by atoms with Gasteiger partial charge in [-0.25, -0.2) is 0 Å². The minimum Gasteiger partial charge on any atom is -0.497 e. The van der Waals surface area contributed by atoms with Crippen LogP contribution in [0.4, 0.5) is 0 Å². The van der Waals surface area contributed by atoms with Crippen molar-refractivity contribution >= 4 is 28.2 Å². The molecule has 2 N–H and O–H groups in total. The average molecular weight is 495 g/mol. The quantitative estimate of drug-likeness (QED) is 0.440. The molecule has 1 aromatic heterocycles. The second-order valence-corrected chi connectivity index (χ2v) is 9.27. The highest BCUT2D eigenvalue weighted by molar-refractivity contribution is 7.80. The van der Waals surface area contributed by atoms with Crippen LogP contribution in [0.1, 0.15) is 30.5 Å². The van der Waals surface area contributed by atoms with Crippen LogP contribution in [0.25, 0.3) is 10.9 Å². The van der Waals surface area contributed by atoms with E-state index in [1.807, 2.05) is 42.5 Å². The summed E-state index contributed by atoms with van der Waals surface area (Å²) in [5.41, 5.74) is 2.53. The molecule has 8 heteroatoms. The number of pyridine rings is 1. The van der Waals surface area contributed by atoms with Gasteiger partial charge in [0.1, 0.15) is 5.75 Å². The summed E-state index contributed by atoms with van der Waals surface area (Å²) < 4.78 is 10.8. The molecule has 35 heavy (non-hydrogen) atoms. The molecule has 2 heterocycles. The van der Waals surface area contributed by atoms with E-state index in [-0.39, 0.29) is 11.6 Å². The van der Waals surface area contributed by atoms with Crippen molar-refractivity contribution in [3.05, 3.63) is 76.1 Å². The fourth-order valence-electron chi connectivity index (χ4n) is 4.34. The van der Waals surface area contributed by atoms with Crippen LogP contribution in [0.3, 0.4) is 0 Å². The number of rotatable bonds is 9. The molecule has 1 unspecified atom stereocenters. The Bertz CT molecular complexity index is 1180. The molecule has 1 aliphatic rings. The Labute approximate surface area is 212 Å². The van der Waals surface area contributed by atoms with Gasteiger partial charge in [0, 0.05) is 42.6 Å². The lowest BCUT2D eigenvalue weighted by Gasteiger charge is -2.30. The average Bonchev–Trinajstić information content (AvgIpc) is 2.89. The highest BCUT2D eigenvalue weighted by atomic mass is 32.1. The number of aromatic nitrogens is 1. The van der Waals surface area contributed by atoms with Gasteiger partial charge < -0.3 is 24.7 Å². The van der Waals surface area contributed by atoms with E-state index in [0.29, 0.717) is 17.2 Å². The molecule has 1 fully saturated rings. The molecule has 0 radical (unpaired) electrons. The van der Waals surface area contributed by atoms with Gasteiger partial charge in [0.15, 0.2) is 5.11 Å². The summed E-state index contributed by atoms with van der Waals surface area (Å²) in [6, 6.07) is 17.9. The molecule has 2 aromatic carbocycles. The Morgan fingerprint density at radius 3 is 2.71 bits per heavy atom. The monoisotopic (exact) mass is 494 g/mol. The maximum Gasteiger partial charge on any atom is 0.253 e. The van der Waals surface area contributed by atoms with Gasteiger partial charge in [0.05, 0.1) is 32.9 Å². The molecular formula is C27H34N4O3S. The van der Waals surface area contributed by atoms with Gasteiger partial charge in [0.25, 0.3) is 5.56 Å². The van der Waals surface area contributed by atoms with Crippen LogP contribution in [0.15, 0.2) is 59.4 Å². The number of benzene rings is 2. The van der Waals surface area contributed by atoms with E-state index < -0.39 is 0 Å². The highest BCUT2D eigenvalue weighted by Gasteiger charge is 2.17. The fourth-order valence-corrected chi connectivity index (χ4v) is 4.68. The number of nitrogens with one attached hydrogen (secondary N) is 2. The third kappa shape index (κ3) is 6.81. The molecule has 186 valence electrons. The lowest BCUT2D eigenvalue weighted by atomic mass is 10.1. The molecule has 3 aromatic rings. The maximum absolute atomic E-state index is 12.9. The van der Waals surface area contributed by atoms with Crippen LogP contribution >= 0.6 is 12.2 Å². The number of methoxy groups -OCH3 is 1. The van der Waals surface area contributed by atoms with Crippen molar-refractivity contribution in [2.45, 2.75) is 25.9 Å². The van der Waals surface area contributed by atoms with Crippen molar-refractivity contribution in [2.75, 3.05) is 46.5 Å². The molecule has 7 nitrogen and oxygen atoms in total. The number of aromatic amines is 1. The normalized spacial score (nSPS) is 15.0. The van der Waals surface area contributed by atoms with E-state index >= 15 is 0 Å². The first kappa shape index (κ1) is 25.2. The number of morpholine rings is 1.